The molecule has 3 rings (SSSR count). The van der Waals surface area contributed by atoms with Crippen LogP contribution in [0, 0.1) is 24.6 Å². The largest absolute Gasteiger partial charge is 0.339 e. The van der Waals surface area contributed by atoms with Crippen molar-refractivity contribution in [3.8, 4) is 0 Å². The van der Waals surface area contributed by atoms with Crippen molar-refractivity contribution in [3.05, 3.63) is 35.1 Å². The number of carbonyl (C=O) groups excluding carboxylic acids is 1. The van der Waals surface area contributed by atoms with Crippen LogP contribution in [0.5, 0.6) is 0 Å². The monoisotopic (exact) mass is 318 g/mol. The second-order valence-corrected chi connectivity index (χ2v) is 7.61. The third-order valence-corrected chi connectivity index (χ3v) is 5.99. The van der Waals surface area contributed by atoms with Gasteiger partial charge < -0.3 is 9.80 Å². The smallest absolute Gasteiger partial charge is 0.254 e. The first kappa shape index (κ1) is 16.4. The van der Waals surface area contributed by atoms with E-state index in [0.29, 0.717) is 17.6 Å². The first-order valence-electron chi connectivity index (χ1n) is 8.56. The van der Waals surface area contributed by atoms with Gasteiger partial charge in [-0.05, 0) is 76.2 Å². The normalized spacial score (nSPS) is 29.8. The highest BCUT2D eigenvalue weighted by Crippen LogP contribution is 2.46. The lowest BCUT2D eigenvalue weighted by Crippen LogP contribution is -2.37. The van der Waals surface area contributed by atoms with E-state index < -0.39 is 0 Å². The molecule has 126 valence electrons. The van der Waals surface area contributed by atoms with Gasteiger partial charge in [0.2, 0.25) is 0 Å². The number of benzene rings is 1. The summed E-state index contributed by atoms with van der Waals surface area (Å²) >= 11 is 0. The third kappa shape index (κ3) is 3.14. The molecule has 2 saturated carbocycles. The molecule has 0 bridgehead atoms. The topological polar surface area (TPSA) is 23.6 Å². The third-order valence-electron chi connectivity index (χ3n) is 5.99. The number of fused-ring (bicyclic) bond motifs is 1. The summed E-state index contributed by atoms with van der Waals surface area (Å²) in [6.45, 7) is 1.87. The van der Waals surface area contributed by atoms with E-state index in [1.54, 1.807) is 6.07 Å². The molecule has 4 heteroatoms. The lowest BCUT2D eigenvalue weighted by molar-refractivity contribution is 0.0725. The minimum atomic E-state index is -0.343. The number of hydrogen-bond acceptors (Lipinski definition) is 2. The van der Waals surface area contributed by atoms with E-state index in [1.165, 1.54) is 25.0 Å². The Labute approximate surface area is 138 Å². The number of halogens is 1. The van der Waals surface area contributed by atoms with E-state index in [2.05, 4.69) is 19.0 Å². The number of rotatable bonds is 3. The van der Waals surface area contributed by atoms with Gasteiger partial charge in [-0.15, -0.1) is 0 Å². The van der Waals surface area contributed by atoms with Gasteiger partial charge in [-0.1, -0.05) is 6.07 Å². The molecule has 0 heterocycles. The van der Waals surface area contributed by atoms with Gasteiger partial charge in [0.15, 0.2) is 0 Å². The summed E-state index contributed by atoms with van der Waals surface area (Å²) in [6, 6.07) is 5.45. The Hall–Kier alpha value is -1.42. The molecule has 1 aromatic rings. The maximum atomic E-state index is 13.5. The summed E-state index contributed by atoms with van der Waals surface area (Å²) in [5, 5.41) is 0. The molecule has 0 aliphatic heterocycles. The van der Waals surface area contributed by atoms with Crippen LogP contribution >= 0.6 is 0 Å². The molecule has 23 heavy (non-hydrogen) atoms. The van der Waals surface area contributed by atoms with Gasteiger partial charge in [-0.3, -0.25) is 4.79 Å². The van der Waals surface area contributed by atoms with E-state index in [1.807, 2.05) is 18.9 Å². The SMILES string of the molecule is Cc1ccc(F)cc1C(=O)N(C)C1C[C@H]2CC(N(C)C)C[C@H]2C1. The van der Waals surface area contributed by atoms with Crippen molar-refractivity contribution in [3.63, 3.8) is 0 Å². The predicted octanol–water partition coefficient (Wildman–Crippen LogP) is 3.32. The van der Waals surface area contributed by atoms with Crippen molar-refractivity contribution < 1.29 is 9.18 Å². The van der Waals surface area contributed by atoms with Crippen LogP contribution in [0.4, 0.5) is 4.39 Å². The van der Waals surface area contributed by atoms with E-state index in [9.17, 15) is 9.18 Å². The van der Waals surface area contributed by atoms with E-state index in [0.717, 1.165) is 30.2 Å². The minimum Gasteiger partial charge on any atom is -0.339 e. The summed E-state index contributed by atoms with van der Waals surface area (Å²) < 4.78 is 13.5. The zero-order valence-corrected chi connectivity index (χ0v) is 14.6. The van der Waals surface area contributed by atoms with Crippen LogP contribution in [0.2, 0.25) is 0 Å². The Morgan fingerprint density at radius 1 is 1.04 bits per heavy atom. The average molecular weight is 318 g/mol. The molecular weight excluding hydrogens is 291 g/mol. The van der Waals surface area contributed by atoms with E-state index in [-0.39, 0.29) is 11.7 Å². The fourth-order valence-corrected chi connectivity index (χ4v) is 4.47. The molecule has 1 amide bonds. The van der Waals surface area contributed by atoms with Crippen LogP contribution in [-0.2, 0) is 0 Å². The van der Waals surface area contributed by atoms with Gasteiger partial charge in [0.05, 0.1) is 0 Å². The number of amides is 1. The summed E-state index contributed by atoms with van der Waals surface area (Å²) in [5.74, 6) is 1.08. The van der Waals surface area contributed by atoms with Crippen molar-refractivity contribution in [1.29, 1.82) is 0 Å². The maximum absolute atomic E-state index is 13.5. The van der Waals surface area contributed by atoms with E-state index in [4.69, 9.17) is 0 Å². The lowest BCUT2D eigenvalue weighted by Gasteiger charge is -2.27. The Morgan fingerprint density at radius 2 is 1.61 bits per heavy atom. The molecule has 1 aromatic carbocycles. The first-order chi connectivity index (χ1) is 10.9. The van der Waals surface area contributed by atoms with Crippen LogP contribution in [0.3, 0.4) is 0 Å². The second-order valence-electron chi connectivity index (χ2n) is 7.61. The fraction of sp³-hybridized carbons (Fsp3) is 0.632. The number of carbonyl (C=O) groups is 1. The standard InChI is InChI=1S/C19H27FN2O/c1-12-5-6-15(20)11-18(12)19(23)22(4)17-9-13-7-16(21(2)3)8-14(13)10-17/h5-6,11,13-14,16-17H,7-10H2,1-4H3/t13-,14+,16?,17?. The van der Waals surface area contributed by atoms with E-state index >= 15 is 0 Å². The molecule has 2 unspecified atom stereocenters. The molecule has 0 N–H and O–H groups in total. The quantitative estimate of drug-likeness (QED) is 0.853. The van der Waals surface area contributed by atoms with Gasteiger partial charge >= 0.3 is 0 Å². The van der Waals surface area contributed by atoms with Gasteiger partial charge in [0.1, 0.15) is 5.82 Å². The van der Waals surface area contributed by atoms with Crippen molar-refractivity contribution in [2.24, 2.45) is 11.8 Å². The Kier molecular flexibility index (Phi) is 4.45. The van der Waals surface area contributed by atoms with Crippen molar-refractivity contribution >= 4 is 5.91 Å². The summed E-state index contributed by atoms with van der Waals surface area (Å²) in [4.78, 5) is 16.9. The number of nitrogens with zero attached hydrogens (tertiary/aromatic N) is 2. The van der Waals surface area contributed by atoms with Crippen LogP contribution < -0.4 is 0 Å². The molecule has 2 aliphatic carbocycles. The number of aryl methyl sites for hydroxylation is 1. The molecule has 2 aliphatic rings. The van der Waals surface area contributed by atoms with Crippen LogP contribution in [-0.4, -0.2) is 48.9 Å². The Balaban J connectivity index is 1.67. The summed E-state index contributed by atoms with van der Waals surface area (Å²) in [5.41, 5.74) is 1.34. The first-order valence-corrected chi connectivity index (χ1v) is 8.56. The summed E-state index contributed by atoms with van der Waals surface area (Å²) in [6.07, 6.45) is 4.67. The molecular formula is C19H27FN2O. The molecule has 2 fully saturated rings. The molecule has 0 aromatic heterocycles. The van der Waals surface area contributed by atoms with Crippen molar-refractivity contribution in [2.75, 3.05) is 21.1 Å². The lowest BCUT2D eigenvalue weighted by atomic mass is 10.0. The molecule has 3 nitrogen and oxygen atoms in total. The highest BCUT2D eigenvalue weighted by atomic mass is 19.1. The predicted molar refractivity (Wildman–Crippen MR) is 89.9 cm³/mol. The Morgan fingerprint density at radius 3 is 2.17 bits per heavy atom. The zero-order valence-electron chi connectivity index (χ0n) is 14.6. The number of hydrogen-bond donors (Lipinski definition) is 0. The van der Waals surface area contributed by atoms with Crippen molar-refractivity contribution in [2.45, 2.75) is 44.7 Å². The summed E-state index contributed by atoms with van der Waals surface area (Å²) in [7, 11) is 6.19. The molecule has 0 saturated heterocycles. The zero-order chi connectivity index (χ0) is 16.7. The molecule has 4 atom stereocenters. The van der Waals surface area contributed by atoms with Crippen LogP contribution in [0.15, 0.2) is 18.2 Å². The average Bonchev–Trinajstić information content (AvgIpc) is 3.06. The highest BCUT2D eigenvalue weighted by molar-refractivity contribution is 5.95. The fourth-order valence-electron chi connectivity index (χ4n) is 4.47. The highest BCUT2D eigenvalue weighted by Gasteiger charge is 2.44. The Bertz CT molecular complexity index is 587. The second kappa shape index (κ2) is 6.23. The van der Waals surface area contributed by atoms with Gasteiger partial charge in [-0.2, -0.15) is 0 Å². The van der Waals surface area contributed by atoms with Gasteiger partial charge in [0, 0.05) is 24.7 Å². The van der Waals surface area contributed by atoms with Crippen LogP contribution in [0.25, 0.3) is 0 Å². The minimum absolute atomic E-state index is 0.0452. The molecule has 0 radical (unpaired) electrons. The van der Waals surface area contributed by atoms with Gasteiger partial charge in [-0.25, -0.2) is 4.39 Å². The maximum Gasteiger partial charge on any atom is 0.254 e. The van der Waals surface area contributed by atoms with Crippen LogP contribution in [0.1, 0.15) is 41.6 Å². The van der Waals surface area contributed by atoms with Gasteiger partial charge in [0.25, 0.3) is 5.91 Å². The van der Waals surface area contributed by atoms with Crippen molar-refractivity contribution in [1.82, 2.24) is 9.80 Å². The molecule has 0 spiro atoms.